The molecule has 1 aliphatic rings. The van der Waals surface area contributed by atoms with Crippen LogP contribution in [0, 0.1) is 11.8 Å². The Labute approximate surface area is 113 Å². The van der Waals surface area contributed by atoms with Crippen molar-refractivity contribution in [3.05, 3.63) is 0 Å². The molecule has 1 fully saturated rings. The minimum absolute atomic E-state index is 0.741. The van der Waals surface area contributed by atoms with Crippen LogP contribution in [0.3, 0.4) is 0 Å². The number of hydrogen-bond acceptors (Lipinski definition) is 3. The molecule has 0 aromatic rings. The normalized spacial score (nSPS) is 19.2. The molecule has 3 nitrogen and oxygen atoms in total. The van der Waals surface area contributed by atoms with Crippen molar-refractivity contribution in [1.29, 1.82) is 0 Å². The monoisotopic (exact) mass is 256 g/mol. The number of rotatable bonds is 11. The summed E-state index contributed by atoms with van der Waals surface area (Å²) in [6.07, 6.45) is 6.61. The molecule has 1 saturated carbocycles. The maximum absolute atomic E-state index is 5.60. The van der Waals surface area contributed by atoms with Gasteiger partial charge < -0.3 is 10.5 Å². The molecule has 18 heavy (non-hydrogen) atoms. The highest BCUT2D eigenvalue weighted by molar-refractivity contribution is 4.85. The quantitative estimate of drug-likeness (QED) is 0.617. The molecule has 0 aromatic carbocycles. The first-order valence-corrected chi connectivity index (χ1v) is 7.62. The van der Waals surface area contributed by atoms with Gasteiger partial charge in [-0.3, -0.25) is 4.90 Å². The Morgan fingerprint density at radius 1 is 1.22 bits per heavy atom. The average Bonchev–Trinajstić information content (AvgIpc) is 3.17. The molecule has 0 heterocycles. The molecule has 0 saturated heterocycles. The highest BCUT2D eigenvalue weighted by Gasteiger charge is 2.31. The van der Waals surface area contributed by atoms with E-state index in [-0.39, 0.29) is 0 Å². The van der Waals surface area contributed by atoms with Crippen molar-refractivity contribution in [2.45, 2.75) is 52.0 Å². The summed E-state index contributed by atoms with van der Waals surface area (Å²) in [5.74, 6) is 1.72. The molecule has 0 bridgehead atoms. The first kappa shape index (κ1) is 15.9. The molecular weight excluding hydrogens is 224 g/mol. The zero-order valence-electron chi connectivity index (χ0n) is 12.5. The second-order valence-electron chi connectivity index (χ2n) is 5.93. The predicted molar refractivity (Wildman–Crippen MR) is 77.7 cm³/mol. The molecule has 0 spiro atoms. The lowest BCUT2D eigenvalue weighted by Crippen LogP contribution is -2.38. The van der Waals surface area contributed by atoms with E-state index in [1.165, 1.54) is 32.2 Å². The highest BCUT2D eigenvalue weighted by Crippen LogP contribution is 2.35. The van der Waals surface area contributed by atoms with Crippen LogP contribution in [0.5, 0.6) is 0 Å². The van der Waals surface area contributed by atoms with Crippen LogP contribution in [0.15, 0.2) is 0 Å². The molecule has 108 valence electrons. The number of ether oxygens (including phenoxy) is 1. The van der Waals surface area contributed by atoms with Crippen molar-refractivity contribution < 1.29 is 4.74 Å². The van der Waals surface area contributed by atoms with E-state index in [1.807, 2.05) is 0 Å². The van der Waals surface area contributed by atoms with Gasteiger partial charge in [0.05, 0.1) is 6.61 Å². The minimum atomic E-state index is 0.741. The van der Waals surface area contributed by atoms with Crippen molar-refractivity contribution in [3.63, 3.8) is 0 Å². The number of methoxy groups -OCH3 is 1. The summed E-state index contributed by atoms with van der Waals surface area (Å²) in [4.78, 5) is 2.62. The molecule has 2 N–H and O–H groups in total. The molecule has 2 atom stereocenters. The molecule has 2 unspecified atom stereocenters. The first-order valence-electron chi connectivity index (χ1n) is 7.62. The fourth-order valence-electron chi connectivity index (χ4n) is 2.68. The average molecular weight is 256 g/mol. The van der Waals surface area contributed by atoms with Crippen LogP contribution >= 0.6 is 0 Å². The fourth-order valence-corrected chi connectivity index (χ4v) is 2.68. The molecule has 0 aliphatic heterocycles. The van der Waals surface area contributed by atoms with Gasteiger partial charge in [-0.1, -0.05) is 6.92 Å². The number of hydrogen-bond donors (Lipinski definition) is 1. The zero-order chi connectivity index (χ0) is 13.4. The summed E-state index contributed by atoms with van der Waals surface area (Å²) in [7, 11) is 1.79. The van der Waals surface area contributed by atoms with Crippen LogP contribution in [0.2, 0.25) is 0 Å². The summed E-state index contributed by atoms with van der Waals surface area (Å²) in [5, 5.41) is 0. The lowest BCUT2D eigenvalue weighted by atomic mass is 10.0. The van der Waals surface area contributed by atoms with Gasteiger partial charge in [0, 0.05) is 19.7 Å². The van der Waals surface area contributed by atoms with Crippen molar-refractivity contribution in [2.24, 2.45) is 17.6 Å². The van der Waals surface area contributed by atoms with Gasteiger partial charge >= 0.3 is 0 Å². The summed E-state index contributed by atoms with van der Waals surface area (Å²) >= 11 is 0. The maximum atomic E-state index is 5.60. The Morgan fingerprint density at radius 2 is 1.94 bits per heavy atom. The molecule has 3 heteroatoms. The third-order valence-corrected chi connectivity index (χ3v) is 4.26. The van der Waals surface area contributed by atoms with Gasteiger partial charge in [-0.2, -0.15) is 0 Å². The van der Waals surface area contributed by atoms with E-state index >= 15 is 0 Å². The van der Waals surface area contributed by atoms with E-state index < -0.39 is 0 Å². The Bertz CT molecular complexity index is 207. The van der Waals surface area contributed by atoms with Crippen molar-refractivity contribution in [1.82, 2.24) is 4.90 Å². The van der Waals surface area contributed by atoms with Crippen LogP contribution in [-0.2, 0) is 4.74 Å². The van der Waals surface area contributed by atoms with Crippen LogP contribution < -0.4 is 5.73 Å². The smallest absolute Gasteiger partial charge is 0.0589 e. The summed E-state index contributed by atoms with van der Waals surface area (Å²) in [6, 6.07) is 0.741. The zero-order valence-corrected chi connectivity index (χ0v) is 12.5. The largest absolute Gasteiger partial charge is 0.383 e. The fraction of sp³-hybridized carbons (Fsp3) is 1.00. The predicted octanol–water partition coefficient (Wildman–Crippen LogP) is 2.50. The van der Waals surface area contributed by atoms with E-state index in [9.17, 15) is 0 Å². The molecule has 0 amide bonds. The van der Waals surface area contributed by atoms with E-state index in [4.69, 9.17) is 10.5 Å². The van der Waals surface area contributed by atoms with Crippen molar-refractivity contribution in [3.8, 4) is 0 Å². The maximum Gasteiger partial charge on any atom is 0.0589 e. The van der Waals surface area contributed by atoms with Crippen LogP contribution in [0.1, 0.15) is 46.0 Å². The summed E-state index contributed by atoms with van der Waals surface area (Å²) in [6.45, 7) is 8.69. The summed E-state index contributed by atoms with van der Waals surface area (Å²) < 4.78 is 5.23. The lowest BCUT2D eigenvalue weighted by molar-refractivity contribution is 0.114. The molecule has 1 rings (SSSR count). The van der Waals surface area contributed by atoms with Crippen molar-refractivity contribution >= 4 is 0 Å². The van der Waals surface area contributed by atoms with E-state index in [0.717, 1.165) is 44.0 Å². The molecular formula is C15H32N2O. The third kappa shape index (κ3) is 6.17. The Kier molecular flexibility index (Phi) is 7.87. The molecule has 1 aliphatic carbocycles. The van der Waals surface area contributed by atoms with E-state index in [1.54, 1.807) is 7.11 Å². The van der Waals surface area contributed by atoms with Gasteiger partial charge in [-0.25, -0.2) is 0 Å². The third-order valence-electron chi connectivity index (χ3n) is 4.26. The van der Waals surface area contributed by atoms with E-state index in [2.05, 4.69) is 18.7 Å². The second-order valence-corrected chi connectivity index (χ2v) is 5.93. The standard InChI is InChI=1S/C15H32N2O/c1-13(8-9-16)5-4-10-17(11-12-18-3)14(2)15-6-7-15/h13-15H,4-12,16H2,1-3H3. The molecule has 0 radical (unpaired) electrons. The Hall–Kier alpha value is -0.120. The number of nitrogens with two attached hydrogens (primary N) is 1. The topological polar surface area (TPSA) is 38.5 Å². The van der Waals surface area contributed by atoms with Gasteiger partial charge in [-0.05, 0) is 64.0 Å². The van der Waals surface area contributed by atoms with Gasteiger partial charge in [0.25, 0.3) is 0 Å². The van der Waals surface area contributed by atoms with Gasteiger partial charge in [0.2, 0.25) is 0 Å². The van der Waals surface area contributed by atoms with E-state index in [0.29, 0.717) is 0 Å². The van der Waals surface area contributed by atoms with Crippen LogP contribution in [0.4, 0.5) is 0 Å². The highest BCUT2D eigenvalue weighted by atomic mass is 16.5. The van der Waals surface area contributed by atoms with Crippen molar-refractivity contribution in [2.75, 3.05) is 33.4 Å². The second kappa shape index (κ2) is 8.89. The van der Waals surface area contributed by atoms with Gasteiger partial charge in [0.15, 0.2) is 0 Å². The van der Waals surface area contributed by atoms with Gasteiger partial charge in [0.1, 0.15) is 0 Å². The Morgan fingerprint density at radius 3 is 2.50 bits per heavy atom. The van der Waals surface area contributed by atoms with Gasteiger partial charge in [-0.15, -0.1) is 0 Å². The minimum Gasteiger partial charge on any atom is -0.383 e. The lowest BCUT2D eigenvalue weighted by Gasteiger charge is -2.29. The van der Waals surface area contributed by atoms with Crippen LogP contribution in [-0.4, -0.2) is 44.3 Å². The molecule has 0 aromatic heterocycles. The first-order chi connectivity index (χ1) is 8.69. The summed E-state index contributed by atoms with van der Waals surface area (Å²) in [5.41, 5.74) is 5.60. The SMILES string of the molecule is COCCN(CCCC(C)CCN)C(C)C1CC1. The number of nitrogens with zero attached hydrogens (tertiary/aromatic N) is 1. The Balaban J connectivity index is 2.22. The van der Waals surface area contributed by atoms with Crippen LogP contribution in [0.25, 0.3) is 0 Å².